The first-order valence-corrected chi connectivity index (χ1v) is 9.59. The largest absolute Gasteiger partial charge is 0.469 e. The van der Waals surface area contributed by atoms with Crippen molar-refractivity contribution in [3.05, 3.63) is 35.9 Å². The molecule has 0 radical (unpaired) electrons. The van der Waals surface area contributed by atoms with E-state index in [-0.39, 0.29) is 23.0 Å². The molecule has 0 fully saturated rings. The Morgan fingerprint density at radius 3 is 2.46 bits per heavy atom. The highest BCUT2D eigenvalue weighted by Crippen LogP contribution is 2.24. The van der Waals surface area contributed by atoms with Gasteiger partial charge in [-0.3, -0.25) is 9.59 Å². The fourth-order valence-electron chi connectivity index (χ4n) is 2.32. The number of ether oxygens (including phenoxy) is 1. The van der Waals surface area contributed by atoms with E-state index in [0.717, 1.165) is 25.0 Å². The second-order valence-corrected chi connectivity index (χ2v) is 7.27. The molecule has 0 saturated carbocycles. The molecule has 0 spiro atoms. The first-order chi connectivity index (χ1) is 11.5. The number of nitrogens with one attached hydrogen (secondary N) is 1. The minimum absolute atomic E-state index is 0.0414. The topological polar surface area (TPSA) is 55.4 Å². The second-order valence-electron chi connectivity index (χ2n) is 6.14. The highest BCUT2D eigenvalue weighted by molar-refractivity contribution is 7.99. The molecule has 0 aliphatic carbocycles. The van der Waals surface area contributed by atoms with Gasteiger partial charge in [0.05, 0.1) is 12.4 Å². The zero-order valence-corrected chi connectivity index (χ0v) is 15.7. The lowest BCUT2D eigenvalue weighted by molar-refractivity contribution is -0.140. The second kappa shape index (κ2) is 12.0. The molecular formula is C19H29NO3S. The number of hydrogen-bond donors (Lipinski definition) is 1. The van der Waals surface area contributed by atoms with Crippen LogP contribution in [0.15, 0.2) is 30.3 Å². The lowest BCUT2D eigenvalue weighted by Gasteiger charge is -2.20. The number of carbonyl (C=O) groups is 2. The van der Waals surface area contributed by atoms with Crippen LogP contribution in [-0.2, 0) is 20.1 Å². The predicted molar refractivity (Wildman–Crippen MR) is 99.9 cm³/mol. The third-order valence-corrected chi connectivity index (χ3v) is 5.34. The summed E-state index contributed by atoms with van der Waals surface area (Å²) in [6, 6.07) is 10.2. The van der Waals surface area contributed by atoms with Crippen molar-refractivity contribution in [1.29, 1.82) is 0 Å². The molecule has 1 rings (SSSR count). The van der Waals surface area contributed by atoms with Gasteiger partial charge >= 0.3 is 5.97 Å². The van der Waals surface area contributed by atoms with E-state index in [1.807, 2.05) is 18.2 Å². The minimum Gasteiger partial charge on any atom is -0.469 e. The molecule has 0 aliphatic heterocycles. The zero-order chi connectivity index (χ0) is 17.8. The Bertz CT molecular complexity index is 491. The number of rotatable bonds is 11. The van der Waals surface area contributed by atoms with Crippen molar-refractivity contribution in [1.82, 2.24) is 5.32 Å². The molecule has 134 valence electrons. The molecule has 0 heterocycles. The number of amides is 1. The zero-order valence-electron chi connectivity index (χ0n) is 14.9. The Kier molecular flexibility index (Phi) is 10.2. The van der Waals surface area contributed by atoms with Gasteiger partial charge in [0.1, 0.15) is 0 Å². The number of unbranched alkanes of at least 4 members (excludes halogenated alkanes) is 2. The van der Waals surface area contributed by atoms with Crippen LogP contribution in [0.25, 0.3) is 0 Å². The summed E-state index contributed by atoms with van der Waals surface area (Å²) < 4.78 is 4.60. The molecule has 0 unspecified atom stereocenters. The Morgan fingerprint density at radius 2 is 1.83 bits per heavy atom. The Morgan fingerprint density at radius 1 is 1.12 bits per heavy atom. The molecule has 1 atom stereocenters. The van der Waals surface area contributed by atoms with Crippen molar-refractivity contribution in [2.45, 2.75) is 50.5 Å². The lowest BCUT2D eigenvalue weighted by atomic mass is 10.1. The van der Waals surface area contributed by atoms with Crippen molar-refractivity contribution in [3.63, 3.8) is 0 Å². The van der Waals surface area contributed by atoms with Gasteiger partial charge in [-0.25, -0.2) is 0 Å². The van der Waals surface area contributed by atoms with Crippen LogP contribution >= 0.6 is 11.8 Å². The van der Waals surface area contributed by atoms with E-state index in [1.54, 1.807) is 11.8 Å². The van der Waals surface area contributed by atoms with Gasteiger partial charge in [-0.1, -0.05) is 50.6 Å². The van der Waals surface area contributed by atoms with Gasteiger partial charge in [-0.15, -0.1) is 11.8 Å². The summed E-state index contributed by atoms with van der Waals surface area (Å²) in [5.41, 5.74) is 1.24. The number of methoxy groups -OCH3 is 1. The monoisotopic (exact) mass is 351 g/mol. The third kappa shape index (κ3) is 8.39. The minimum atomic E-state index is -0.170. The van der Waals surface area contributed by atoms with Crippen molar-refractivity contribution in [2.24, 2.45) is 5.92 Å². The summed E-state index contributed by atoms with van der Waals surface area (Å²) in [6.45, 7) is 4.83. The predicted octanol–water partition coefficient (Wildman–Crippen LogP) is 3.79. The fourth-order valence-corrected chi connectivity index (χ4v) is 3.50. The molecule has 0 saturated heterocycles. The summed E-state index contributed by atoms with van der Waals surface area (Å²) in [6.07, 6.45) is 3.06. The molecule has 1 amide bonds. The first kappa shape index (κ1) is 20.6. The molecular weight excluding hydrogens is 322 g/mol. The average molecular weight is 352 g/mol. The first-order valence-electron chi connectivity index (χ1n) is 8.54. The van der Waals surface area contributed by atoms with Crippen LogP contribution in [0.1, 0.15) is 45.1 Å². The normalized spacial score (nSPS) is 12.0. The standard InChI is InChI=1S/C19H29NO3S/c1-15(2)18(24-14-16-10-6-4-7-11-16)19(22)20-13-9-5-8-12-17(21)23-3/h4,6-7,10-11,15,18H,5,8-9,12-14H2,1-3H3,(H,20,22)/t18-/m0/s1. The van der Waals surface area contributed by atoms with Gasteiger partial charge in [0.15, 0.2) is 0 Å². The van der Waals surface area contributed by atoms with Crippen molar-refractivity contribution < 1.29 is 14.3 Å². The fraction of sp³-hybridized carbons (Fsp3) is 0.579. The van der Waals surface area contributed by atoms with E-state index in [1.165, 1.54) is 12.7 Å². The Hall–Kier alpha value is -1.49. The van der Waals surface area contributed by atoms with Gasteiger partial charge in [-0.2, -0.15) is 0 Å². The van der Waals surface area contributed by atoms with Crippen LogP contribution in [0, 0.1) is 5.92 Å². The lowest BCUT2D eigenvalue weighted by Crippen LogP contribution is -2.36. The summed E-state index contributed by atoms with van der Waals surface area (Å²) in [5.74, 6) is 1.07. The van der Waals surface area contributed by atoms with Gasteiger partial charge in [-0.05, 0) is 24.3 Å². The van der Waals surface area contributed by atoms with E-state index in [4.69, 9.17) is 0 Å². The molecule has 1 aromatic carbocycles. The summed E-state index contributed by atoms with van der Waals surface area (Å²) in [5, 5.41) is 2.99. The van der Waals surface area contributed by atoms with Crippen LogP contribution in [0.3, 0.4) is 0 Å². The molecule has 4 nitrogen and oxygen atoms in total. The van der Waals surface area contributed by atoms with E-state index in [2.05, 4.69) is 36.0 Å². The SMILES string of the molecule is COC(=O)CCCCCNC(=O)[C@@H](SCc1ccccc1)C(C)C. The van der Waals surface area contributed by atoms with Crippen LogP contribution in [0.4, 0.5) is 0 Å². The Balaban J connectivity index is 2.27. The van der Waals surface area contributed by atoms with Gasteiger partial charge in [0.25, 0.3) is 0 Å². The number of carbonyl (C=O) groups excluding carboxylic acids is 2. The van der Waals surface area contributed by atoms with Crippen LogP contribution in [-0.4, -0.2) is 30.8 Å². The number of thioether (sulfide) groups is 1. The average Bonchev–Trinajstić information content (AvgIpc) is 2.58. The maximum absolute atomic E-state index is 12.4. The smallest absolute Gasteiger partial charge is 0.305 e. The number of hydrogen-bond acceptors (Lipinski definition) is 4. The molecule has 0 aliphatic rings. The molecule has 5 heteroatoms. The maximum Gasteiger partial charge on any atom is 0.305 e. The molecule has 0 aromatic heterocycles. The Labute approximate surface area is 149 Å². The molecule has 1 N–H and O–H groups in total. The third-order valence-electron chi connectivity index (χ3n) is 3.72. The van der Waals surface area contributed by atoms with Gasteiger partial charge < -0.3 is 10.1 Å². The number of esters is 1. The highest BCUT2D eigenvalue weighted by atomic mass is 32.2. The van der Waals surface area contributed by atoms with Gasteiger partial charge in [0, 0.05) is 18.7 Å². The van der Waals surface area contributed by atoms with E-state index >= 15 is 0 Å². The van der Waals surface area contributed by atoms with E-state index in [0.29, 0.717) is 13.0 Å². The van der Waals surface area contributed by atoms with Crippen LogP contribution in [0.5, 0.6) is 0 Å². The molecule has 1 aromatic rings. The van der Waals surface area contributed by atoms with Crippen molar-refractivity contribution in [3.8, 4) is 0 Å². The highest BCUT2D eigenvalue weighted by Gasteiger charge is 2.22. The van der Waals surface area contributed by atoms with E-state index < -0.39 is 0 Å². The maximum atomic E-state index is 12.4. The molecule has 0 bridgehead atoms. The van der Waals surface area contributed by atoms with Crippen molar-refractivity contribution in [2.75, 3.05) is 13.7 Å². The van der Waals surface area contributed by atoms with Crippen LogP contribution in [0.2, 0.25) is 0 Å². The van der Waals surface area contributed by atoms with Crippen LogP contribution < -0.4 is 5.32 Å². The number of benzene rings is 1. The van der Waals surface area contributed by atoms with Crippen molar-refractivity contribution >= 4 is 23.6 Å². The van der Waals surface area contributed by atoms with Gasteiger partial charge in [0.2, 0.25) is 5.91 Å². The summed E-state index contributed by atoms with van der Waals surface area (Å²) in [7, 11) is 1.40. The summed E-state index contributed by atoms with van der Waals surface area (Å²) >= 11 is 1.69. The molecule has 24 heavy (non-hydrogen) atoms. The summed E-state index contributed by atoms with van der Waals surface area (Å²) in [4.78, 5) is 23.4. The quantitative estimate of drug-likeness (QED) is 0.487. The van der Waals surface area contributed by atoms with E-state index in [9.17, 15) is 9.59 Å².